The molecule has 1 saturated heterocycles. The first-order valence-electron chi connectivity index (χ1n) is 7.22. The Morgan fingerprint density at radius 3 is 2.67 bits per heavy atom. The molecule has 0 aliphatic carbocycles. The molecule has 0 saturated carbocycles. The summed E-state index contributed by atoms with van der Waals surface area (Å²) in [6, 6.07) is 12.7. The van der Waals surface area contributed by atoms with Gasteiger partial charge in [0.15, 0.2) is 0 Å². The monoisotopic (exact) mass is 246 g/mol. The van der Waals surface area contributed by atoms with Crippen molar-refractivity contribution in [3.8, 4) is 0 Å². The molecular formula is C16H26N2. The molecule has 1 N–H and O–H groups in total. The van der Waals surface area contributed by atoms with Gasteiger partial charge in [-0.1, -0.05) is 37.3 Å². The number of piperidine rings is 1. The van der Waals surface area contributed by atoms with Crippen LogP contribution in [0, 0.1) is 0 Å². The van der Waals surface area contributed by atoms with Crippen molar-refractivity contribution in [3.05, 3.63) is 35.9 Å². The van der Waals surface area contributed by atoms with Crippen LogP contribution in [0.1, 0.15) is 44.7 Å². The summed E-state index contributed by atoms with van der Waals surface area (Å²) < 4.78 is 0. The molecule has 1 heterocycles. The molecule has 1 aliphatic heterocycles. The number of hydrogen-bond donors (Lipinski definition) is 1. The van der Waals surface area contributed by atoms with Crippen LogP contribution in [0.5, 0.6) is 0 Å². The summed E-state index contributed by atoms with van der Waals surface area (Å²) >= 11 is 0. The Morgan fingerprint density at radius 2 is 2.06 bits per heavy atom. The van der Waals surface area contributed by atoms with Crippen molar-refractivity contribution in [1.29, 1.82) is 0 Å². The lowest BCUT2D eigenvalue weighted by Gasteiger charge is -2.37. The second kappa shape index (κ2) is 6.35. The summed E-state index contributed by atoms with van der Waals surface area (Å²) in [7, 11) is 2.23. The highest BCUT2D eigenvalue weighted by molar-refractivity contribution is 5.18. The van der Waals surface area contributed by atoms with E-state index in [-0.39, 0.29) is 0 Å². The fraction of sp³-hybridized carbons (Fsp3) is 0.625. The average molecular weight is 246 g/mol. The van der Waals surface area contributed by atoms with E-state index in [9.17, 15) is 0 Å². The number of likely N-dealkylation sites (tertiary alicyclic amines) is 1. The third-order valence-corrected chi connectivity index (χ3v) is 4.26. The van der Waals surface area contributed by atoms with Gasteiger partial charge in [-0.3, -0.25) is 0 Å². The van der Waals surface area contributed by atoms with Crippen LogP contribution in [0.15, 0.2) is 30.3 Å². The summed E-state index contributed by atoms with van der Waals surface area (Å²) in [5.74, 6) is 0. The fourth-order valence-corrected chi connectivity index (χ4v) is 2.86. The maximum absolute atomic E-state index is 3.85. The summed E-state index contributed by atoms with van der Waals surface area (Å²) in [5, 5.41) is 3.85. The van der Waals surface area contributed by atoms with Gasteiger partial charge in [0, 0.05) is 18.1 Å². The van der Waals surface area contributed by atoms with Crippen LogP contribution in [0.3, 0.4) is 0 Å². The van der Waals surface area contributed by atoms with Crippen molar-refractivity contribution in [2.45, 2.75) is 51.2 Å². The van der Waals surface area contributed by atoms with Crippen LogP contribution in [-0.4, -0.2) is 30.6 Å². The third kappa shape index (κ3) is 3.33. The van der Waals surface area contributed by atoms with Crippen molar-refractivity contribution in [2.75, 3.05) is 13.6 Å². The van der Waals surface area contributed by atoms with E-state index >= 15 is 0 Å². The zero-order chi connectivity index (χ0) is 13.0. The second-order valence-electron chi connectivity index (χ2n) is 5.59. The molecule has 2 rings (SSSR count). The van der Waals surface area contributed by atoms with Gasteiger partial charge < -0.3 is 10.2 Å². The van der Waals surface area contributed by atoms with Gasteiger partial charge >= 0.3 is 0 Å². The van der Waals surface area contributed by atoms with E-state index < -0.39 is 0 Å². The van der Waals surface area contributed by atoms with E-state index in [2.05, 4.69) is 61.4 Å². The number of nitrogens with zero attached hydrogens (tertiary/aromatic N) is 1. The quantitative estimate of drug-likeness (QED) is 0.877. The Labute approximate surface area is 111 Å². The van der Waals surface area contributed by atoms with E-state index in [1.807, 2.05) is 0 Å². The molecule has 18 heavy (non-hydrogen) atoms. The van der Waals surface area contributed by atoms with E-state index in [0.717, 1.165) is 6.42 Å². The molecule has 1 aromatic rings. The lowest BCUT2D eigenvalue weighted by molar-refractivity contribution is 0.161. The van der Waals surface area contributed by atoms with Crippen molar-refractivity contribution in [1.82, 2.24) is 10.2 Å². The Hall–Kier alpha value is -0.860. The minimum absolute atomic E-state index is 0.506. The molecule has 1 aromatic carbocycles. The van der Waals surface area contributed by atoms with Crippen LogP contribution in [0.4, 0.5) is 0 Å². The highest BCUT2D eigenvalue weighted by Crippen LogP contribution is 2.22. The molecule has 0 bridgehead atoms. The van der Waals surface area contributed by atoms with Crippen LogP contribution in [-0.2, 0) is 0 Å². The Balaban J connectivity index is 1.95. The van der Waals surface area contributed by atoms with Crippen LogP contribution < -0.4 is 5.32 Å². The molecule has 1 aliphatic rings. The lowest BCUT2D eigenvalue weighted by Crippen LogP contribution is -2.46. The molecule has 3 atom stereocenters. The first-order valence-corrected chi connectivity index (χ1v) is 7.22. The molecule has 3 unspecified atom stereocenters. The highest BCUT2D eigenvalue weighted by atomic mass is 15.1. The van der Waals surface area contributed by atoms with Crippen molar-refractivity contribution in [3.63, 3.8) is 0 Å². The standard InChI is InChI=1S/C16H26N2/c1-4-16(14-8-6-5-7-9-14)17-15-10-11-18(3)13(2)12-15/h5-9,13,15-17H,4,10-12H2,1-3H3. The molecule has 0 amide bonds. The Bertz CT molecular complexity index is 349. The number of benzene rings is 1. The molecule has 2 nitrogen and oxygen atoms in total. The minimum atomic E-state index is 0.506. The lowest BCUT2D eigenvalue weighted by atomic mass is 9.96. The van der Waals surface area contributed by atoms with E-state index in [0.29, 0.717) is 18.1 Å². The molecule has 0 spiro atoms. The average Bonchev–Trinajstić information content (AvgIpc) is 2.41. The SMILES string of the molecule is CCC(NC1CCN(C)C(C)C1)c1ccccc1. The minimum Gasteiger partial charge on any atom is -0.307 e. The summed E-state index contributed by atoms with van der Waals surface area (Å²) in [4.78, 5) is 2.46. The summed E-state index contributed by atoms with van der Waals surface area (Å²) in [6.45, 7) is 5.81. The van der Waals surface area contributed by atoms with E-state index in [1.54, 1.807) is 0 Å². The van der Waals surface area contributed by atoms with Gasteiger partial charge in [0.1, 0.15) is 0 Å². The molecular weight excluding hydrogens is 220 g/mol. The van der Waals surface area contributed by atoms with Gasteiger partial charge in [-0.2, -0.15) is 0 Å². The molecule has 2 heteroatoms. The van der Waals surface area contributed by atoms with Gasteiger partial charge in [-0.25, -0.2) is 0 Å². The van der Waals surface area contributed by atoms with Crippen LogP contribution >= 0.6 is 0 Å². The van der Waals surface area contributed by atoms with Crippen LogP contribution in [0.2, 0.25) is 0 Å². The zero-order valence-corrected chi connectivity index (χ0v) is 11.9. The summed E-state index contributed by atoms with van der Waals surface area (Å²) in [5.41, 5.74) is 1.42. The number of rotatable bonds is 4. The maximum atomic E-state index is 3.85. The highest BCUT2D eigenvalue weighted by Gasteiger charge is 2.24. The smallest absolute Gasteiger partial charge is 0.0320 e. The Kier molecular flexibility index (Phi) is 4.79. The fourth-order valence-electron chi connectivity index (χ4n) is 2.86. The molecule has 1 fully saturated rings. The zero-order valence-electron chi connectivity index (χ0n) is 11.9. The van der Waals surface area contributed by atoms with Gasteiger partial charge in [0.25, 0.3) is 0 Å². The van der Waals surface area contributed by atoms with Gasteiger partial charge in [-0.15, -0.1) is 0 Å². The maximum Gasteiger partial charge on any atom is 0.0320 e. The van der Waals surface area contributed by atoms with Crippen molar-refractivity contribution >= 4 is 0 Å². The number of hydrogen-bond acceptors (Lipinski definition) is 2. The normalized spacial score (nSPS) is 27.1. The first kappa shape index (κ1) is 13.6. The predicted octanol–water partition coefficient (Wildman–Crippen LogP) is 3.21. The third-order valence-electron chi connectivity index (χ3n) is 4.26. The first-order chi connectivity index (χ1) is 8.70. The molecule has 0 aromatic heterocycles. The largest absolute Gasteiger partial charge is 0.307 e. The molecule has 100 valence electrons. The van der Waals surface area contributed by atoms with Crippen LogP contribution in [0.25, 0.3) is 0 Å². The van der Waals surface area contributed by atoms with Crippen molar-refractivity contribution in [2.24, 2.45) is 0 Å². The van der Waals surface area contributed by atoms with Gasteiger partial charge in [-0.05, 0) is 45.3 Å². The summed E-state index contributed by atoms with van der Waals surface area (Å²) in [6.07, 6.45) is 3.69. The van der Waals surface area contributed by atoms with E-state index in [1.165, 1.54) is 24.9 Å². The second-order valence-corrected chi connectivity index (χ2v) is 5.59. The van der Waals surface area contributed by atoms with Gasteiger partial charge in [0.05, 0.1) is 0 Å². The van der Waals surface area contributed by atoms with Gasteiger partial charge in [0.2, 0.25) is 0 Å². The Morgan fingerprint density at radius 1 is 1.33 bits per heavy atom. The van der Waals surface area contributed by atoms with Crippen molar-refractivity contribution < 1.29 is 0 Å². The topological polar surface area (TPSA) is 15.3 Å². The predicted molar refractivity (Wildman–Crippen MR) is 77.7 cm³/mol. The number of nitrogens with one attached hydrogen (secondary N) is 1. The van der Waals surface area contributed by atoms with E-state index in [4.69, 9.17) is 0 Å². The molecule has 0 radical (unpaired) electrons.